The summed E-state index contributed by atoms with van der Waals surface area (Å²) in [6.07, 6.45) is -9.50. The van der Waals surface area contributed by atoms with E-state index in [-0.39, 0.29) is 0 Å². The van der Waals surface area contributed by atoms with Gasteiger partial charge < -0.3 is 40.5 Å². The highest BCUT2D eigenvalue weighted by Gasteiger charge is 2.53. The Kier molecular flexibility index (Phi) is 4.61. The average Bonchev–Trinajstić information content (AvgIpc) is 2.31. The predicted octanol–water partition coefficient (Wildman–Crippen LogP) is -4.02. The Morgan fingerprint density at radius 3 is 2.39 bits per heavy atom. The Hall–Kier alpha value is -0.810. The fraction of sp³-hybridized carbons (Fsp3) is 0.889. The van der Waals surface area contributed by atoms with Crippen molar-refractivity contribution < 1.29 is 45.3 Å². The third-order valence-electron chi connectivity index (χ3n) is 2.80. The van der Waals surface area contributed by atoms with Crippen LogP contribution < -0.4 is 0 Å². The summed E-state index contributed by atoms with van der Waals surface area (Å²) in [6, 6.07) is 0. The Morgan fingerprint density at radius 2 is 1.94 bits per heavy atom. The molecule has 0 spiro atoms. The fourth-order valence-corrected chi connectivity index (χ4v) is 1.70. The minimum atomic E-state index is -2.78. The van der Waals surface area contributed by atoms with Gasteiger partial charge in [0.2, 0.25) is 0 Å². The van der Waals surface area contributed by atoms with E-state index in [0.717, 1.165) is 0 Å². The van der Waals surface area contributed by atoms with Crippen molar-refractivity contribution >= 4 is 5.97 Å². The van der Waals surface area contributed by atoms with E-state index in [1.807, 2.05) is 0 Å². The molecule has 0 aromatic heterocycles. The van der Waals surface area contributed by atoms with Gasteiger partial charge in [0.1, 0.15) is 24.4 Å². The maximum Gasteiger partial charge on any atom is 0.364 e. The maximum atomic E-state index is 10.8. The largest absolute Gasteiger partial charge is 0.477 e. The Labute approximate surface area is 101 Å². The first-order valence-corrected chi connectivity index (χ1v) is 5.19. The second-order valence-corrected chi connectivity index (χ2v) is 4.17. The quantitative estimate of drug-likeness (QED) is 0.268. The monoisotopic (exact) mass is 268 g/mol. The van der Waals surface area contributed by atoms with Crippen LogP contribution in [-0.2, 0) is 9.53 Å². The van der Waals surface area contributed by atoms with Crippen molar-refractivity contribution in [2.24, 2.45) is 0 Å². The molecule has 18 heavy (non-hydrogen) atoms. The first-order chi connectivity index (χ1) is 8.23. The fourth-order valence-electron chi connectivity index (χ4n) is 1.70. The van der Waals surface area contributed by atoms with Gasteiger partial charge in [0, 0.05) is 6.42 Å². The van der Waals surface area contributed by atoms with Crippen LogP contribution in [0, 0.1) is 0 Å². The predicted molar refractivity (Wildman–Crippen MR) is 53.2 cm³/mol. The lowest BCUT2D eigenvalue weighted by molar-refractivity contribution is -0.312. The summed E-state index contributed by atoms with van der Waals surface area (Å²) in [6.45, 7) is -0.866. The van der Waals surface area contributed by atoms with Crippen LogP contribution >= 0.6 is 0 Å². The number of ether oxygens (including phenoxy) is 1. The Bertz CT molecular complexity index is 308. The van der Waals surface area contributed by atoms with Crippen LogP contribution in [0.2, 0.25) is 0 Å². The van der Waals surface area contributed by atoms with Crippen LogP contribution in [0.25, 0.3) is 0 Å². The SMILES string of the molecule is O=C(O)[C@@]1(O)C[C@@H](O)[C@H](O)[C@@H]([C@@H](O)[C@H](O)CO)O1. The summed E-state index contributed by atoms with van der Waals surface area (Å²) in [5.74, 6) is -4.58. The third-order valence-corrected chi connectivity index (χ3v) is 2.80. The van der Waals surface area contributed by atoms with Gasteiger partial charge in [-0.05, 0) is 0 Å². The number of aliphatic carboxylic acids is 1. The second-order valence-electron chi connectivity index (χ2n) is 4.17. The standard InChI is InChI=1S/C9H16O9/c10-2-4(12)6(14)7-5(13)3(11)1-9(17,18-7)8(15)16/h3-7,10-14,17H,1-2H2,(H,15,16)/t3-,4-,5+,6+,7+,9-/m1/s1. The molecule has 0 unspecified atom stereocenters. The maximum absolute atomic E-state index is 10.8. The van der Waals surface area contributed by atoms with Gasteiger partial charge in [-0.3, -0.25) is 0 Å². The van der Waals surface area contributed by atoms with Crippen molar-refractivity contribution in [2.75, 3.05) is 6.61 Å². The normalized spacial score (nSPS) is 40.2. The van der Waals surface area contributed by atoms with Crippen molar-refractivity contribution in [3.63, 3.8) is 0 Å². The number of hydrogen-bond donors (Lipinski definition) is 7. The van der Waals surface area contributed by atoms with Crippen LogP contribution in [0.5, 0.6) is 0 Å². The van der Waals surface area contributed by atoms with Crippen LogP contribution in [0.15, 0.2) is 0 Å². The molecule has 0 amide bonds. The zero-order valence-electron chi connectivity index (χ0n) is 9.25. The minimum absolute atomic E-state index is 0.790. The van der Waals surface area contributed by atoms with E-state index in [0.29, 0.717) is 0 Å². The molecule has 0 bridgehead atoms. The number of aliphatic hydroxyl groups is 6. The summed E-state index contributed by atoms with van der Waals surface area (Å²) >= 11 is 0. The molecule has 1 heterocycles. The highest BCUT2D eigenvalue weighted by Crippen LogP contribution is 2.30. The molecule has 6 atom stereocenters. The van der Waals surface area contributed by atoms with Crippen LogP contribution in [0.1, 0.15) is 6.42 Å². The Balaban J connectivity index is 2.92. The molecule has 1 rings (SSSR count). The third kappa shape index (κ3) is 2.78. The Morgan fingerprint density at radius 1 is 1.39 bits per heavy atom. The second kappa shape index (κ2) is 5.45. The van der Waals surface area contributed by atoms with Crippen molar-refractivity contribution in [2.45, 2.75) is 42.7 Å². The molecular weight excluding hydrogens is 252 g/mol. The summed E-state index contributed by atoms with van der Waals surface area (Å²) < 4.78 is 4.63. The number of carboxylic acid groups (broad SMARTS) is 1. The molecule has 106 valence electrons. The van der Waals surface area contributed by atoms with Gasteiger partial charge in [-0.25, -0.2) is 4.79 Å². The van der Waals surface area contributed by atoms with Crippen LogP contribution in [0.4, 0.5) is 0 Å². The van der Waals surface area contributed by atoms with Gasteiger partial charge in [-0.2, -0.15) is 0 Å². The molecule has 1 fully saturated rings. The number of aliphatic hydroxyl groups excluding tert-OH is 5. The van der Waals surface area contributed by atoms with E-state index in [9.17, 15) is 30.3 Å². The van der Waals surface area contributed by atoms with Crippen molar-refractivity contribution in [1.82, 2.24) is 0 Å². The lowest BCUT2D eigenvalue weighted by Gasteiger charge is -2.42. The van der Waals surface area contributed by atoms with Gasteiger partial charge in [0.05, 0.1) is 12.7 Å². The summed E-state index contributed by atoms with van der Waals surface area (Å²) in [7, 11) is 0. The molecule has 7 N–H and O–H groups in total. The van der Waals surface area contributed by atoms with Gasteiger partial charge in [-0.1, -0.05) is 0 Å². The van der Waals surface area contributed by atoms with Crippen molar-refractivity contribution in [3.8, 4) is 0 Å². The summed E-state index contributed by atoms with van der Waals surface area (Å²) in [5.41, 5.74) is 0. The topological polar surface area (TPSA) is 168 Å². The summed E-state index contributed by atoms with van der Waals surface area (Å²) in [5, 5.41) is 64.6. The van der Waals surface area contributed by atoms with Gasteiger partial charge >= 0.3 is 5.97 Å². The van der Waals surface area contributed by atoms with Gasteiger partial charge in [-0.15, -0.1) is 0 Å². The average molecular weight is 268 g/mol. The lowest BCUT2D eigenvalue weighted by Crippen LogP contribution is -2.63. The van der Waals surface area contributed by atoms with Crippen LogP contribution in [0.3, 0.4) is 0 Å². The molecule has 0 saturated carbocycles. The first kappa shape index (κ1) is 15.2. The lowest BCUT2D eigenvalue weighted by atomic mass is 9.91. The number of rotatable bonds is 4. The minimum Gasteiger partial charge on any atom is -0.477 e. The van der Waals surface area contributed by atoms with E-state index in [4.69, 9.17) is 10.2 Å². The molecule has 9 heteroatoms. The van der Waals surface area contributed by atoms with Gasteiger partial charge in [0.15, 0.2) is 0 Å². The van der Waals surface area contributed by atoms with E-state index in [1.165, 1.54) is 0 Å². The molecule has 1 saturated heterocycles. The number of carboxylic acids is 1. The zero-order chi connectivity index (χ0) is 14.1. The highest BCUT2D eigenvalue weighted by atomic mass is 16.7. The first-order valence-electron chi connectivity index (χ1n) is 5.19. The molecular formula is C9H16O9. The van der Waals surface area contributed by atoms with E-state index in [2.05, 4.69) is 4.74 Å². The molecule has 1 aliphatic rings. The molecule has 0 aromatic carbocycles. The number of hydrogen-bond acceptors (Lipinski definition) is 8. The van der Waals surface area contributed by atoms with Gasteiger partial charge in [0.25, 0.3) is 5.79 Å². The molecule has 0 aliphatic carbocycles. The highest BCUT2D eigenvalue weighted by molar-refractivity contribution is 5.75. The van der Waals surface area contributed by atoms with Crippen molar-refractivity contribution in [1.29, 1.82) is 0 Å². The molecule has 9 nitrogen and oxygen atoms in total. The zero-order valence-corrected chi connectivity index (χ0v) is 9.25. The molecule has 0 radical (unpaired) electrons. The van der Waals surface area contributed by atoms with Crippen molar-refractivity contribution in [3.05, 3.63) is 0 Å². The smallest absolute Gasteiger partial charge is 0.364 e. The van der Waals surface area contributed by atoms with Crippen LogP contribution in [-0.4, -0.2) is 84.6 Å². The van der Waals surface area contributed by atoms with E-state index < -0.39 is 55.3 Å². The van der Waals surface area contributed by atoms with E-state index in [1.54, 1.807) is 0 Å². The summed E-state index contributed by atoms with van der Waals surface area (Å²) in [4.78, 5) is 10.8. The van der Waals surface area contributed by atoms with E-state index >= 15 is 0 Å². The molecule has 0 aromatic rings. The number of carbonyl (C=O) groups is 1. The molecule has 1 aliphatic heterocycles.